The molecule has 0 aromatic carbocycles. The maximum absolute atomic E-state index is 14.1. The van der Waals surface area contributed by atoms with Crippen LogP contribution in [0.15, 0.2) is 30.7 Å². The molecule has 0 aliphatic carbocycles. The van der Waals surface area contributed by atoms with Gasteiger partial charge in [-0.1, -0.05) is 11.6 Å². The Bertz CT molecular complexity index is 1090. The first kappa shape index (κ1) is 20.3. The summed E-state index contributed by atoms with van der Waals surface area (Å²) >= 11 is 6.01. The lowest BCUT2D eigenvalue weighted by Crippen LogP contribution is -2.46. The Morgan fingerprint density at radius 1 is 1.37 bits per heavy atom. The van der Waals surface area contributed by atoms with Crippen LogP contribution in [-0.2, 0) is 4.79 Å². The van der Waals surface area contributed by atoms with Crippen molar-refractivity contribution in [1.29, 1.82) is 0 Å². The van der Waals surface area contributed by atoms with Crippen molar-refractivity contribution in [3.05, 3.63) is 35.7 Å². The number of H-pyrrole nitrogens is 1. The van der Waals surface area contributed by atoms with Crippen LogP contribution >= 0.6 is 11.6 Å². The van der Waals surface area contributed by atoms with E-state index in [0.29, 0.717) is 21.6 Å². The zero-order valence-electron chi connectivity index (χ0n) is 15.2. The second-order valence-corrected chi connectivity index (χ2v) is 7.26. The number of aromatic amines is 1. The maximum Gasteiger partial charge on any atom is 0.405 e. The van der Waals surface area contributed by atoms with Crippen molar-refractivity contribution in [2.45, 2.75) is 24.8 Å². The van der Waals surface area contributed by atoms with Crippen molar-refractivity contribution >= 4 is 34.4 Å². The highest BCUT2D eigenvalue weighted by atomic mass is 35.5. The third kappa shape index (κ3) is 4.16. The largest absolute Gasteiger partial charge is 0.405 e. The van der Waals surface area contributed by atoms with Gasteiger partial charge in [0.1, 0.15) is 30.2 Å². The van der Waals surface area contributed by atoms with Crippen LogP contribution in [0, 0.1) is 0 Å². The molecule has 158 valence electrons. The smallest absolute Gasteiger partial charge is 0.345 e. The Morgan fingerprint density at radius 2 is 2.17 bits per heavy atom. The molecule has 3 aromatic rings. The molecule has 3 aromatic heterocycles. The molecule has 1 aliphatic heterocycles. The van der Waals surface area contributed by atoms with Crippen LogP contribution in [0.2, 0.25) is 5.02 Å². The quantitative estimate of drug-likeness (QED) is 0.606. The van der Waals surface area contributed by atoms with Crippen molar-refractivity contribution in [2.75, 3.05) is 18.0 Å². The molecule has 1 fully saturated rings. The number of amides is 1. The van der Waals surface area contributed by atoms with Crippen molar-refractivity contribution in [3.8, 4) is 11.4 Å². The van der Waals surface area contributed by atoms with Gasteiger partial charge in [0, 0.05) is 36.0 Å². The van der Waals surface area contributed by atoms with E-state index in [9.17, 15) is 22.4 Å². The van der Waals surface area contributed by atoms with Gasteiger partial charge in [0.2, 0.25) is 5.91 Å². The second kappa shape index (κ2) is 7.71. The molecule has 0 bridgehead atoms. The van der Waals surface area contributed by atoms with Gasteiger partial charge in [0.25, 0.3) is 0 Å². The van der Waals surface area contributed by atoms with E-state index in [1.807, 2.05) is 5.32 Å². The van der Waals surface area contributed by atoms with Gasteiger partial charge >= 0.3 is 6.18 Å². The average Bonchev–Trinajstić information content (AvgIpc) is 3.29. The summed E-state index contributed by atoms with van der Waals surface area (Å²) in [4.78, 5) is 29.4. The van der Waals surface area contributed by atoms with E-state index in [1.165, 1.54) is 23.4 Å². The summed E-state index contributed by atoms with van der Waals surface area (Å²) in [5, 5.41) is 2.90. The number of aromatic nitrogens is 4. The molecule has 2 atom stereocenters. The number of pyridine rings is 1. The fourth-order valence-electron chi connectivity index (χ4n) is 3.39. The van der Waals surface area contributed by atoms with Gasteiger partial charge in [-0.15, -0.1) is 0 Å². The Balaban J connectivity index is 1.63. The van der Waals surface area contributed by atoms with Crippen molar-refractivity contribution < 1.29 is 22.4 Å². The summed E-state index contributed by atoms with van der Waals surface area (Å²) < 4.78 is 51.3. The molecule has 0 spiro atoms. The van der Waals surface area contributed by atoms with Crippen LogP contribution in [0.25, 0.3) is 22.4 Å². The normalized spacial score (nSPS) is 19.4. The number of nitrogens with zero attached hydrogens (tertiary/aromatic N) is 4. The topological polar surface area (TPSA) is 86.8 Å². The molecule has 4 heterocycles. The summed E-state index contributed by atoms with van der Waals surface area (Å²) in [7, 11) is 0. The van der Waals surface area contributed by atoms with Gasteiger partial charge in [-0.2, -0.15) is 13.2 Å². The van der Waals surface area contributed by atoms with E-state index >= 15 is 0 Å². The molecule has 7 nitrogen and oxygen atoms in total. The van der Waals surface area contributed by atoms with Gasteiger partial charge < -0.3 is 15.2 Å². The first-order chi connectivity index (χ1) is 14.2. The molecule has 1 saturated heterocycles. The van der Waals surface area contributed by atoms with E-state index in [2.05, 4.69) is 19.9 Å². The Kier molecular flexibility index (Phi) is 5.22. The fraction of sp³-hybridized carbons (Fsp3) is 0.333. The minimum Gasteiger partial charge on any atom is -0.345 e. The number of rotatable bonds is 4. The van der Waals surface area contributed by atoms with Gasteiger partial charge in [-0.25, -0.2) is 19.3 Å². The highest BCUT2D eigenvalue weighted by molar-refractivity contribution is 6.31. The average molecular weight is 443 g/mol. The van der Waals surface area contributed by atoms with Crippen molar-refractivity contribution in [2.24, 2.45) is 0 Å². The summed E-state index contributed by atoms with van der Waals surface area (Å²) in [5.41, 5.74) is 1.16. The molecular formula is C18H15ClF4N6O. The van der Waals surface area contributed by atoms with Crippen molar-refractivity contribution in [3.63, 3.8) is 0 Å². The minimum atomic E-state index is -4.55. The first-order valence-electron chi connectivity index (χ1n) is 8.92. The molecule has 4 rings (SSSR count). The van der Waals surface area contributed by atoms with Gasteiger partial charge in [-0.05, 0) is 12.1 Å². The molecular weight excluding hydrogens is 428 g/mol. The van der Waals surface area contributed by atoms with E-state index in [4.69, 9.17) is 11.6 Å². The number of anilines is 1. The number of carbonyl (C=O) groups is 1. The van der Waals surface area contributed by atoms with Gasteiger partial charge in [-0.3, -0.25) is 4.79 Å². The summed E-state index contributed by atoms with van der Waals surface area (Å²) in [6.45, 7) is -1.65. The monoisotopic (exact) mass is 442 g/mol. The summed E-state index contributed by atoms with van der Waals surface area (Å²) in [6.07, 6.45) is -1.60. The highest BCUT2D eigenvalue weighted by Crippen LogP contribution is 2.30. The third-order valence-electron chi connectivity index (χ3n) is 4.69. The molecule has 1 aliphatic rings. The zero-order chi connectivity index (χ0) is 21.5. The number of carbonyl (C=O) groups excluding carboxylic acids is 1. The molecule has 0 radical (unpaired) electrons. The van der Waals surface area contributed by atoms with Crippen LogP contribution in [0.1, 0.15) is 6.42 Å². The van der Waals surface area contributed by atoms with Crippen LogP contribution in [0.5, 0.6) is 0 Å². The van der Waals surface area contributed by atoms with Crippen LogP contribution in [0.3, 0.4) is 0 Å². The lowest BCUT2D eigenvalue weighted by Gasteiger charge is -2.24. The van der Waals surface area contributed by atoms with E-state index in [1.54, 1.807) is 12.3 Å². The van der Waals surface area contributed by atoms with Gasteiger partial charge in [0.15, 0.2) is 5.82 Å². The van der Waals surface area contributed by atoms with Crippen LogP contribution in [0.4, 0.5) is 23.4 Å². The third-order valence-corrected chi connectivity index (χ3v) is 4.90. The SMILES string of the molecule is O=C(NCC(F)(F)F)C1C[C@H](F)CN1c1ccnc(-c2c[nH]c3ncc(Cl)cc23)n1. The fourth-order valence-corrected chi connectivity index (χ4v) is 3.55. The number of hydrogen-bond donors (Lipinski definition) is 2. The standard InChI is InChI=1S/C18H15ClF4N6O/c19-9-3-11-12(6-26-15(11)25-5-9)16-24-2-1-14(28-16)29-7-10(20)4-13(29)17(30)27-8-18(21,22)23/h1-3,5-6,10,13H,4,7-8H2,(H,25,26)(H,27,30)/t10-,13?/m0/s1. The molecule has 1 unspecified atom stereocenters. The predicted molar refractivity (Wildman–Crippen MR) is 102 cm³/mol. The minimum absolute atomic E-state index is 0.165. The molecule has 0 saturated carbocycles. The number of hydrogen-bond acceptors (Lipinski definition) is 5. The Hall–Kier alpha value is -2.95. The van der Waals surface area contributed by atoms with Gasteiger partial charge in [0.05, 0.1) is 11.6 Å². The van der Waals surface area contributed by atoms with E-state index < -0.39 is 30.8 Å². The predicted octanol–water partition coefficient (Wildman–Crippen LogP) is 3.27. The number of alkyl halides is 4. The molecule has 1 amide bonds. The Morgan fingerprint density at radius 3 is 2.93 bits per heavy atom. The zero-order valence-corrected chi connectivity index (χ0v) is 16.0. The lowest BCUT2D eigenvalue weighted by atomic mass is 10.2. The Labute approximate surface area is 172 Å². The number of halogens is 5. The van der Waals surface area contributed by atoms with E-state index in [0.717, 1.165) is 0 Å². The second-order valence-electron chi connectivity index (χ2n) is 6.82. The number of nitrogens with one attached hydrogen (secondary N) is 2. The van der Waals surface area contributed by atoms with Crippen LogP contribution < -0.4 is 10.2 Å². The van der Waals surface area contributed by atoms with Crippen molar-refractivity contribution in [1.82, 2.24) is 25.3 Å². The molecule has 12 heteroatoms. The highest BCUT2D eigenvalue weighted by Gasteiger charge is 2.39. The lowest BCUT2D eigenvalue weighted by molar-refractivity contribution is -0.139. The van der Waals surface area contributed by atoms with Crippen LogP contribution in [-0.4, -0.2) is 57.3 Å². The molecule has 2 N–H and O–H groups in total. The number of fused-ring (bicyclic) bond motifs is 1. The first-order valence-corrected chi connectivity index (χ1v) is 9.30. The van der Waals surface area contributed by atoms with E-state index in [-0.39, 0.29) is 24.6 Å². The summed E-state index contributed by atoms with van der Waals surface area (Å²) in [6, 6.07) is 2.06. The summed E-state index contributed by atoms with van der Waals surface area (Å²) in [5.74, 6) is -0.396. The molecule has 30 heavy (non-hydrogen) atoms. The maximum atomic E-state index is 14.1.